The van der Waals surface area contributed by atoms with Crippen LogP contribution in [0.25, 0.3) is 10.9 Å². The highest BCUT2D eigenvalue weighted by Crippen LogP contribution is 2.36. The summed E-state index contributed by atoms with van der Waals surface area (Å²) in [7, 11) is 1.54. The zero-order chi connectivity index (χ0) is 21.8. The maximum atomic E-state index is 13.1. The number of nitrogens with zero attached hydrogens (tertiary/aromatic N) is 3. The maximum Gasteiger partial charge on any atom is 0.282 e. The van der Waals surface area contributed by atoms with E-state index < -0.39 is 0 Å². The molecule has 154 valence electrons. The average Bonchev–Trinajstić information content (AvgIpc) is 2.72. The first-order valence-electron chi connectivity index (χ1n) is 9.06. The minimum Gasteiger partial charge on any atom is -0.493 e. The summed E-state index contributed by atoms with van der Waals surface area (Å²) in [5.41, 5.74) is 1.11. The van der Waals surface area contributed by atoms with Gasteiger partial charge in [0.15, 0.2) is 11.5 Å². The van der Waals surface area contributed by atoms with Crippen LogP contribution in [0.1, 0.15) is 31.2 Å². The summed E-state index contributed by atoms with van der Waals surface area (Å²) in [6, 6.07) is 8.99. The minimum absolute atomic E-state index is 0.00343. The van der Waals surface area contributed by atoms with Gasteiger partial charge in [-0.3, -0.25) is 4.79 Å². The van der Waals surface area contributed by atoms with Crippen LogP contribution in [0.5, 0.6) is 11.5 Å². The molecule has 0 bridgehead atoms. The van der Waals surface area contributed by atoms with Gasteiger partial charge >= 0.3 is 0 Å². The van der Waals surface area contributed by atoms with Crippen LogP contribution in [-0.2, 0) is 0 Å². The fraction of sp³-hybridized carbons (Fsp3) is 0.227. The molecule has 0 amide bonds. The van der Waals surface area contributed by atoms with E-state index in [1.165, 1.54) is 11.8 Å². The fourth-order valence-electron chi connectivity index (χ4n) is 2.84. The van der Waals surface area contributed by atoms with E-state index in [0.717, 1.165) is 4.47 Å². The number of fused-ring (bicyclic) bond motifs is 1. The summed E-state index contributed by atoms with van der Waals surface area (Å²) in [5.74, 6) is 4.01. The van der Waals surface area contributed by atoms with E-state index in [1.54, 1.807) is 18.3 Å². The molecule has 0 unspecified atom stereocenters. The van der Waals surface area contributed by atoms with Crippen molar-refractivity contribution in [3.63, 3.8) is 0 Å². The van der Waals surface area contributed by atoms with Crippen molar-refractivity contribution in [3.8, 4) is 23.8 Å². The van der Waals surface area contributed by atoms with Gasteiger partial charge in [0.25, 0.3) is 5.56 Å². The van der Waals surface area contributed by atoms with Gasteiger partial charge in [0.2, 0.25) is 0 Å². The molecule has 0 saturated heterocycles. The number of ether oxygens (including phenoxy) is 2. The molecule has 0 aliphatic heterocycles. The Morgan fingerprint density at radius 3 is 2.73 bits per heavy atom. The molecule has 3 aromatic rings. The Hall–Kier alpha value is -2.63. The van der Waals surface area contributed by atoms with E-state index in [1.807, 2.05) is 32.0 Å². The van der Waals surface area contributed by atoms with Crippen LogP contribution in [0.15, 0.2) is 49.2 Å². The smallest absolute Gasteiger partial charge is 0.282 e. The standard InChI is InChI=1S/C22H19Br2N3O3/c1-5-8-30-20-17(24)9-14(10-19(20)29-4)12-25-27-21(13(2)3)26-18-7-6-15(23)11-16(18)22(27)28/h1,6-7,9-13H,8H2,2-4H3. The molecule has 1 aromatic heterocycles. The minimum atomic E-state index is -0.235. The zero-order valence-electron chi connectivity index (χ0n) is 16.6. The molecule has 6 nitrogen and oxygen atoms in total. The number of hydrogen-bond donors (Lipinski definition) is 0. The van der Waals surface area contributed by atoms with Gasteiger partial charge in [-0.15, -0.1) is 6.42 Å². The summed E-state index contributed by atoms with van der Waals surface area (Å²) < 4.78 is 13.7. The summed E-state index contributed by atoms with van der Waals surface area (Å²) in [4.78, 5) is 17.7. The lowest BCUT2D eigenvalue weighted by molar-refractivity contribution is 0.329. The van der Waals surface area contributed by atoms with Gasteiger partial charge in [-0.25, -0.2) is 4.98 Å². The summed E-state index contributed by atoms with van der Waals surface area (Å²) in [6.07, 6.45) is 6.85. The van der Waals surface area contributed by atoms with E-state index in [0.29, 0.717) is 38.3 Å². The second-order valence-corrected chi connectivity index (χ2v) is 8.44. The number of hydrogen-bond acceptors (Lipinski definition) is 5. The predicted molar refractivity (Wildman–Crippen MR) is 126 cm³/mol. The van der Waals surface area contributed by atoms with E-state index in [9.17, 15) is 4.79 Å². The SMILES string of the molecule is C#CCOc1c(Br)cc(C=Nn2c(C(C)C)nc3ccc(Br)cc3c2=O)cc1OC. The molecule has 3 rings (SSSR count). The van der Waals surface area contributed by atoms with Gasteiger partial charge < -0.3 is 9.47 Å². The van der Waals surface area contributed by atoms with Gasteiger partial charge in [-0.1, -0.05) is 35.7 Å². The molecule has 1 heterocycles. The molecule has 0 fully saturated rings. The summed E-state index contributed by atoms with van der Waals surface area (Å²) >= 11 is 6.87. The van der Waals surface area contributed by atoms with Gasteiger partial charge in [-0.05, 0) is 51.8 Å². The van der Waals surface area contributed by atoms with Crippen molar-refractivity contribution in [2.45, 2.75) is 19.8 Å². The van der Waals surface area contributed by atoms with Gasteiger partial charge in [0.05, 0.1) is 28.7 Å². The monoisotopic (exact) mass is 531 g/mol. The van der Waals surface area contributed by atoms with Crippen LogP contribution in [0, 0.1) is 12.3 Å². The Morgan fingerprint density at radius 2 is 2.07 bits per heavy atom. The number of rotatable bonds is 6. The molecular formula is C22H19Br2N3O3. The first kappa shape index (κ1) is 22.1. The molecule has 2 aromatic carbocycles. The van der Waals surface area contributed by atoms with Crippen molar-refractivity contribution >= 4 is 49.0 Å². The second-order valence-electron chi connectivity index (χ2n) is 6.67. The highest BCUT2D eigenvalue weighted by atomic mass is 79.9. The molecule has 0 aliphatic carbocycles. The Bertz CT molecular complexity index is 1230. The molecule has 0 saturated carbocycles. The van der Waals surface area contributed by atoms with E-state index >= 15 is 0 Å². The molecule has 30 heavy (non-hydrogen) atoms. The van der Waals surface area contributed by atoms with Gasteiger partial charge in [0.1, 0.15) is 12.4 Å². The number of benzene rings is 2. The molecule has 0 atom stereocenters. The van der Waals surface area contributed by atoms with Gasteiger partial charge in [0, 0.05) is 10.4 Å². The average molecular weight is 533 g/mol. The van der Waals surface area contributed by atoms with Crippen LogP contribution in [0.2, 0.25) is 0 Å². The van der Waals surface area contributed by atoms with Crippen molar-refractivity contribution in [1.29, 1.82) is 0 Å². The van der Waals surface area contributed by atoms with Crippen LogP contribution >= 0.6 is 31.9 Å². The number of methoxy groups -OCH3 is 1. The van der Waals surface area contributed by atoms with Crippen LogP contribution < -0.4 is 15.0 Å². The van der Waals surface area contributed by atoms with E-state index in [4.69, 9.17) is 15.9 Å². The third kappa shape index (κ3) is 4.58. The van der Waals surface area contributed by atoms with E-state index in [-0.39, 0.29) is 18.1 Å². The first-order chi connectivity index (χ1) is 14.3. The van der Waals surface area contributed by atoms with Crippen molar-refractivity contribution in [3.05, 3.63) is 61.0 Å². The molecule has 8 heteroatoms. The highest BCUT2D eigenvalue weighted by molar-refractivity contribution is 9.10. The second kappa shape index (κ2) is 9.45. The number of halogens is 2. The largest absolute Gasteiger partial charge is 0.493 e. The lowest BCUT2D eigenvalue weighted by atomic mass is 10.2. The molecular weight excluding hydrogens is 514 g/mol. The van der Waals surface area contributed by atoms with Crippen molar-refractivity contribution in [1.82, 2.24) is 9.66 Å². The van der Waals surface area contributed by atoms with E-state index in [2.05, 4.69) is 47.9 Å². The lowest BCUT2D eigenvalue weighted by Gasteiger charge is -2.13. The first-order valence-corrected chi connectivity index (χ1v) is 10.6. The predicted octanol–water partition coefficient (Wildman–Crippen LogP) is 4.95. The normalized spacial score (nSPS) is 11.2. The highest BCUT2D eigenvalue weighted by Gasteiger charge is 2.15. The summed E-state index contributed by atoms with van der Waals surface area (Å²) in [5, 5.41) is 4.93. The topological polar surface area (TPSA) is 65.7 Å². The van der Waals surface area contributed by atoms with Crippen LogP contribution in [0.3, 0.4) is 0 Å². The molecule has 0 aliphatic rings. The van der Waals surface area contributed by atoms with Crippen molar-refractivity contribution in [2.75, 3.05) is 13.7 Å². The molecule has 0 radical (unpaired) electrons. The third-order valence-corrected chi connectivity index (χ3v) is 5.31. The Morgan fingerprint density at radius 1 is 1.30 bits per heavy atom. The van der Waals surface area contributed by atoms with Crippen molar-refractivity contribution < 1.29 is 9.47 Å². The lowest BCUT2D eigenvalue weighted by Crippen LogP contribution is -2.23. The van der Waals surface area contributed by atoms with Crippen molar-refractivity contribution in [2.24, 2.45) is 5.10 Å². The van der Waals surface area contributed by atoms with Crippen LogP contribution in [0.4, 0.5) is 0 Å². The molecule has 0 N–H and O–H groups in total. The Balaban J connectivity index is 2.10. The zero-order valence-corrected chi connectivity index (χ0v) is 19.8. The van der Waals surface area contributed by atoms with Gasteiger partial charge in [-0.2, -0.15) is 9.78 Å². The third-order valence-electron chi connectivity index (χ3n) is 4.22. The number of aromatic nitrogens is 2. The Labute approximate surface area is 191 Å². The Kier molecular flexibility index (Phi) is 6.95. The maximum absolute atomic E-state index is 13.1. The summed E-state index contributed by atoms with van der Waals surface area (Å²) in [6.45, 7) is 4.05. The fourth-order valence-corrected chi connectivity index (χ4v) is 3.78. The number of terminal acetylenes is 1. The molecule has 0 spiro atoms. The quantitative estimate of drug-likeness (QED) is 0.333. The van der Waals surface area contributed by atoms with Crippen LogP contribution in [-0.4, -0.2) is 29.6 Å².